The first-order valence-electron chi connectivity index (χ1n) is 12.2. The Morgan fingerprint density at radius 3 is 2.79 bits per heavy atom. The Balaban J connectivity index is 1.46. The number of sulfone groups is 1. The van der Waals surface area contributed by atoms with E-state index in [9.17, 15) is 31.2 Å². The number of rotatable bonds is 8. The number of fused-ring (bicyclic) bond motifs is 3. The number of alkyl halides is 3. The first-order chi connectivity index (χ1) is 17.8. The van der Waals surface area contributed by atoms with Crippen LogP contribution in [0.15, 0.2) is 18.2 Å². The number of benzene rings is 1. The first kappa shape index (κ1) is 26.5. The topological polar surface area (TPSA) is 129 Å². The van der Waals surface area contributed by atoms with Crippen molar-refractivity contribution in [1.82, 2.24) is 15.1 Å². The molecule has 2 aromatic rings. The van der Waals surface area contributed by atoms with Crippen molar-refractivity contribution in [2.75, 3.05) is 30.5 Å². The zero-order valence-electron chi connectivity index (χ0n) is 20.6. The molecule has 1 saturated carbocycles. The molecule has 0 bridgehead atoms. The second-order valence-electron chi connectivity index (χ2n) is 10.0. The number of aromatic nitrogens is 2. The molecule has 1 aromatic carbocycles. The average molecular weight is 557 g/mol. The van der Waals surface area contributed by atoms with Crippen molar-refractivity contribution in [3.63, 3.8) is 0 Å². The summed E-state index contributed by atoms with van der Waals surface area (Å²) >= 11 is 0. The SMILES string of the molecule is CS(=O)(=O)CC(=O)Nc1c2c(nn1CCCOC(F)(F)F)C[C@@]1(CCOc3cc(C4CC4)ccc31)NC2=O. The van der Waals surface area contributed by atoms with Gasteiger partial charge >= 0.3 is 6.36 Å². The molecule has 5 rings (SSSR count). The number of carbonyl (C=O) groups is 2. The summed E-state index contributed by atoms with van der Waals surface area (Å²) in [6, 6.07) is 5.99. The van der Waals surface area contributed by atoms with Crippen LogP contribution in [0.4, 0.5) is 19.0 Å². The van der Waals surface area contributed by atoms with E-state index in [-0.39, 0.29) is 30.8 Å². The summed E-state index contributed by atoms with van der Waals surface area (Å²) in [5.74, 6) is -1.11. The van der Waals surface area contributed by atoms with E-state index in [2.05, 4.69) is 20.5 Å². The Kier molecular flexibility index (Phi) is 6.66. The number of halogens is 3. The summed E-state index contributed by atoms with van der Waals surface area (Å²) in [5.41, 5.74) is 1.58. The maximum Gasteiger partial charge on any atom is 0.522 e. The highest BCUT2D eigenvalue weighted by Crippen LogP contribution is 2.47. The minimum Gasteiger partial charge on any atom is -0.493 e. The average Bonchev–Trinajstić information content (AvgIpc) is 3.58. The highest BCUT2D eigenvalue weighted by molar-refractivity contribution is 7.91. The zero-order valence-corrected chi connectivity index (χ0v) is 21.4. The van der Waals surface area contributed by atoms with Gasteiger partial charge in [0.25, 0.3) is 5.91 Å². The standard InChI is InChI=1S/C24H27F3N4O6S/c1-38(34,35)13-19(32)28-21-20-17(30-31(21)8-2-9-37-24(25,26)27)12-23(29-22(20)33)7-10-36-18-11-15(14-3-4-14)5-6-16(18)23/h5-6,11,14H,2-4,7-10,12-13H2,1H3,(H,28,32)(H,29,33)/t23-/m1/s1. The van der Waals surface area contributed by atoms with Crippen molar-refractivity contribution in [1.29, 1.82) is 0 Å². The van der Waals surface area contributed by atoms with Crippen LogP contribution in [0.25, 0.3) is 0 Å². The minimum absolute atomic E-state index is 0.0526. The molecule has 10 nitrogen and oxygen atoms in total. The molecule has 3 aliphatic rings. The molecule has 0 unspecified atom stereocenters. The molecule has 206 valence electrons. The highest BCUT2D eigenvalue weighted by Gasteiger charge is 2.46. The van der Waals surface area contributed by atoms with Gasteiger partial charge in [-0.25, -0.2) is 13.1 Å². The summed E-state index contributed by atoms with van der Waals surface area (Å²) < 4.78 is 71.4. The molecule has 3 heterocycles. The van der Waals surface area contributed by atoms with Crippen molar-refractivity contribution in [2.45, 2.75) is 56.5 Å². The first-order valence-corrected chi connectivity index (χ1v) is 14.3. The van der Waals surface area contributed by atoms with Crippen molar-refractivity contribution < 1.29 is 40.7 Å². The molecule has 2 N–H and O–H groups in total. The number of ether oxygens (including phenoxy) is 2. The second-order valence-corrected chi connectivity index (χ2v) is 12.1. The van der Waals surface area contributed by atoms with Crippen LogP contribution < -0.4 is 15.4 Å². The molecule has 0 radical (unpaired) electrons. The van der Waals surface area contributed by atoms with Crippen LogP contribution in [0.3, 0.4) is 0 Å². The van der Waals surface area contributed by atoms with Gasteiger partial charge in [0.2, 0.25) is 5.91 Å². The van der Waals surface area contributed by atoms with Gasteiger partial charge in [-0.2, -0.15) is 5.10 Å². The summed E-state index contributed by atoms with van der Waals surface area (Å²) in [6.07, 6.45) is -1.04. The molecule has 2 aliphatic heterocycles. The summed E-state index contributed by atoms with van der Waals surface area (Å²) in [4.78, 5) is 25.9. The van der Waals surface area contributed by atoms with Gasteiger partial charge in [-0.1, -0.05) is 12.1 Å². The molecule has 38 heavy (non-hydrogen) atoms. The third kappa shape index (κ3) is 5.65. The van der Waals surface area contributed by atoms with E-state index < -0.39 is 45.9 Å². The second kappa shape index (κ2) is 9.56. The number of anilines is 1. The van der Waals surface area contributed by atoms with Gasteiger partial charge in [0.05, 0.1) is 24.4 Å². The predicted molar refractivity (Wildman–Crippen MR) is 129 cm³/mol. The van der Waals surface area contributed by atoms with Crippen LogP contribution in [0, 0.1) is 0 Å². The van der Waals surface area contributed by atoms with Gasteiger partial charge < -0.3 is 15.4 Å². The maximum absolute atomic E-state index is 13.5. The molecular formula is C24H27F3N4O6S. The predicted octanol–water partition coefficient (Wildman–Crippen LogP) is 2.63. The quantitative estimate of drug-likeness (QED) is 0.479. The van der Waals surface area contributed by atoms with Crippen LogP contribution >= 0.6 is 0 Å². The highest BCUT2D eigenvalue weighted by atomic mass is 32.2. The number of hydrogen-bond acceptors (Lipinski definition) is 7. The number of nitrogens with zero attached hydrogens (tertiary/aromatic N) is 2. The van der Waals surface area contributed by atoms with E-state index in [0.717, 1.165) is 24.7 Å². The maximum atomic E-state index is 13.5. The number of carbonyl (C=O) groups excluding carboxylic acids is 2. The number of nitrogens with one attached hydrogen (secondary N) is 2. The third-order valence-electron chi connectivity index (χ3n) is 6.86. The fourth-order valence-electron chi connectivity index (χ4n) is 5.09. The molecule has 1 fully saturated rings. The van der Waals surface area contributed by atoms with Crippen LogP contribution in [-0.2, 0) is 37.9 Å². The van der Waals surface area contributed by atoms with Crippen LogP contribution in [-0.4, -0.2) is 61.6 Å². The Hall–Kier alpha value is -3.13. The van der Waals surface area contributed by atoms with Gasteiger partial charge in [0.15, 0.2) is 9.84 Å². The zero-order chi connectivity index (χ0) is 27.3. The molecule has 1 spiro atoms. The minimum atomic E-state index is -4.79. The molecule has 2 amide bonds. The largest absolute Gasteiger partial charge is 0.522 e. The van der Waals surface area contributed by atoms with Crippen molar-refractivity contribution in [2.24, 2.45) is 0 Å². The molecule has 1 aromatic heterocycles. The van der Waals surface area contributed by atoms with Crippen molar-refractivity contribution >= 4 is 27.5 Å². The van der Waals surface area contributed by atoms with Crippen molar-refractivity contribution in [3.8, 4) is 5.75 Å². The van der Waals surface area contributed by atoms with Gasteiger partial charge in [0.1, 0.15) is 22.9 Å². The Labute approximate surface area is 216 Å². The van der Waals surface area contributed by atoms with Gasteiger partial charge in [-0.3, -0.25) is 14.3 Å². The van der Waals surface area contributed by atoms with Crippen LogP contribution in [0.1, 0.15) is 58.8 Å². The van der Waals surface area contributed by atoms with Crippen molar-refractivity contribution in [3.05, 3.63) is 40.6 Å². The lowest BCUT2D eigenvalue weighted by atomic mass is 9.77. The number of hydrogen-bond donors (Lipinski definition) is 2. The van der Waals surface area contributed by atoms with E-state index in [1.807, 2.05) is 18.2 Å². The van der Waals surface area contributed by atoms with Gasteiger partial charge in [-0.15, -0.1) is 13.2 Å². The molecule has 0 saturated heterocycles. The van der Waals surface area contributed by atoms with Crippen LogP contribution in [0.2, 0.25) is 0 Å². The van der Waals surface area contributed by atoms with E-state index in [1.54, 1.807) is 0 Å². The lowest BCUT2D eigenvalue weighted by molar-refractivity contribution is -0.324. The summed E-state index contributed by atoms with van der Waals surface area (Å²) in [7, 11) is -3.67. The summed E-state index contributed by atoms with van der Waals surface area (Å²) in [6.45, 7) is -0.401. The smallest absolute Gasteiger partial charge is 0.493 e. The lowest BCUT2D eigenvalue weighted by Crippen LogP contribution is -2.53. The normalized spacial score (nSPS) is 20.9. The van der Waals surface area contributed by atoms with E-state index in [4.69, 9.17) is 4.74 Å². The lowest BCUT2D eigenvalue weighted by Gasteiger charge is -2.41. The summed E-state index contributed by atoms with van der Waals surface area (Å²) in [5, 5.41) is 9.97. The number of aryl methyl sites for hydroxylation is 1. The Morgan fingerprint density at radius 1 is 1.34 bits per heavy atom. The fraction of sp³-hybridized carbons (Fsp3) is 0.542. The van der Waals surface area contributed by atoms with Gasteiger partial charge in [-0.05, 0) is 36.8 Å². The monoisotopic (exact) mass is 556 g/mol. The van der Waals surface area contributed by atoms with E-state index in [1.165, 1.54) is 10.2 Å². The molecule has 1 aliphatic carbocycles. The molecule has 14 heteroatoms. The van der Waals surface area contributed by atoms with Gasteiger partial charge in [0, 0.05) is 31.2 Å². The van der Waals surface area contributed by atoms with E-state index in [0.29, 0.717) is 30.4 Å². The molecular weight excluding hydrogens is 529 g/mol. The third-order valence-corrected chi connectivity index (χ3v) is 7.65. The Bertz CT molecular complexity index is 1390. The fourth-order valence-corrected chi connectivity index (χ4v) is 5.64. The Morgan fingerprint density at radius 2 is 2.11 bits per heavy atom. The van der Waals surface area contributed by atoms with E-state index >= 15 is 0 Å². The molecule has 1 atom stereocenters. The number of amides is 2. The van der Waals surface area contributed by atoms with Crippen LogP contribution in [0.5, 0.6) is 5.75 Å².